The molecule has 142 valence electrons. The monoisotopic (exact) mass is 384 g/mol. The molecule has 3 rings (SSSR count). The molecule has 0 saturated heterocycles. The molecule has 2 aromatic heterocycles. The van der Waals surface area contributed by atoms with Gasteiger partial charge in [0.15, 0.2) is 0 Å². The summed E-state index contributed by atoms with van der Waals surface area (Å²) in [6.45, 7) is 10.1. The fraction of sp³-hybridized carbons (Fsp3) is 0.350. The highest BCUT2D eigenvalue weighted by atomic mass is 32.1. The lowest BCUT2D eigenvalue weighted by Gasteiger charge is -2.12. The molecule has 0 aliphatic carbocycles. The minimum atomic E-state index is -0.186. The van der Waals surface area contributed by atoms with Gasteiger partial charge in [0.2, 0.25) is 5.13 Å². The average molecular weight is 385 g/mol. The van der Waals surface area contributed by atoms with Crippen LogP contribution in [-0.4, -0.2) is 27.8 Å². The van der Waals surface area contributed by atoms with Crippen LogP contribution in [0, 0.1) is 13.8 Å². The second-order valence-corrected chi connectivity index (χ2v) is 8.42. The highest BCUT2D eigenvalue weighted by molar-refractivity contribution is 7.15. The first-order valence-electron chi connectivity index (χ1n) is 8.69. The number of nitrogens with one attached hydrogen (secondary N) is 1. The first kappa shape index (κ1) is 19.1. The van der Waals surface area contributed by atoms with Gasteiger partial charge in [0.1, 0.15) is 10.8 Å². The number of aryl methyl sites for hydroxylation is 1. The summed E-state index contributed by atoms with van der Waals surface area (Å²) < 4.78 is 7.35. The highest BCUT2D eigenvalue weighted by Crippen LogP contribution is 2.29. The van der Waals surface area contributed by atoms with Gasteiger partial charge < -0.3 is 9.30 Å². The molecule has 2 heterocycles. The third-order valence-corrected chi connectivity index (χ3v) is 5.54. The predicted octanol–water partition coefficient (Wildman–Crippen LogP) is 4.50. The Morgan fingerprint density at radius 1 is 1.19 bits per heavy atom. The molecule has 3 aromatic rings. The van der Waals surface area contributed by atoms with E-state index >= 15 is 0 Å². The van der Waals surface area contributed by atoms with Crippen molar-refractivity contribution in [1.82, 2.24) is 14.8 Å². The SMILES string of the molecule is COc1cccc(-n2c(C)cc(C(=O)Nc3nnc(C(C)(C)C)s3)c2C)c1. The van der Waals surface area contributed by atoms with E-state index in [0.29, 0.717) is 10.7 Å². The number of ether oxygens (including phenoxy) is 1. The van der Waals surface area contributed by atoms with Crippen molar-refractivity contribution in [2.45, 2.75) is 40.0 Å². The standard InChI is InChI=1S/C20H24N4O2S/c1-12-10-16(13(2)24(12)14-8-7-9-15(11-14)26-6)17(25)21-19-23-22-18(27-19)20(3,4)5/h7-11H,1-6H3,(H,21,23,25). The number of hydrogen-bond donors (Lipinski definition) is 1. The molecule has 1 amide bonds. The van der Waals surface area contributed by atoms with Crippen molar-refractivity contribution < 1.29 is 9.53 Å². The molecule has 1 N–H and O–H groups in total. The largest absolute Gasteiger partial charge is 0.497 e. The lowest BCUT2D eigenvalue weighted by Crippen LogP contribution is -2.13. The smallest absolute Gasteiger partial charge is 0.259 e. The van der Waals surface area contributed by atoms with Crippen molar-refractivity contribution >= 4 is 22.4 Å². The van der Waals surface area contributed by atoms with Crippen LogP contribution in [0.15, 0.2) is 30.3 Å². The van der Waals surface area contributed by atoms with Crippen LogP contribution >= 0.6 is 11.3 Å². The Morgan fingerprint density at radius 3 is 2.56 bits per heavy atom. The van der Waals surface area contributed by atoms with Crippen molar-refractivity contribution in [3.8, 4) is 11.4 Å². The van der Waals surface area contributed by atoms with E-state index in [1.807, 2.05) is 48.7 Å². The van der Waals surface area contributed by atoms with Gasteiger partial charge in [-0.15, -0.1) is 10.2 Å². The molecular formula is C20H24N4O2S. The Morgan fingerprint density at radius 2 is 1.93 bits per heavy atom. The van der Waals surface area contributed by atoms with Crippen molar-refractivity contribution in [2.24, 2.45) is 0 Å². The van der Waals surface area contributed by atoms with Crippen LogP contribution in [0.25, 0.3) is 5.69 Å². The zero-order valence-corrected chi connectivity index (χ0v) is 17.3. The van der Waals surface area contributed by atoms with Gasteiger partial charge in [0.05, 0.1) is 12.7 Å². The number of nitrogens with zero attached hydrogens (tertiary/aromatic N) is 3. The summed E-state index contributed by atoms with van der Waals surface area (Å²) in [5, 5.41) is 12.6. The van der Waals surface area contributed by atoms with E-state index in [-0.39, 0.29) is 11.3 Å². The Kier molecular flexibility index (Phi) is 5.06. The highest BCUT2D eigenvalue weighted by Gasteiger charge is 2.22. The van der Waals surface area contributed by atoms with Gasteiger partial charge in [0, 0.05) is 28.6 Å². The Hall–Kier alpha value is -2.67. The van der Waals surface area contributed by atoms with E-state index in [0.717, 1.165) is 27.8 Å². The topological polar surface area (TPSA) is 69.0 Å². The van der Waals surface area contributed by atoms with Crippen molar-refractivity contribution in [2.75, 3.05) is 12.4 Å². The van der Waals surface area contributed by atoms with Crippen LogP contribution in [0.3, 0.4) is 0 Å². The molecule has 27 heavy (non-hydrogen) atoms. The molecule has 0 saturated carbocycles. The maximum Gasteiger partial charge on any atom is 0.259 e. The Bertz CT molecular complexity index is 982. The summed E-state index contributed by atoms with van der Waals surface area (Å²) in [5.41, 5.74) is 3.30. The number of carbonyl (C=O) groups is 1. The van der Waals surface area contributed by atoms with Gasteiger partial charge in [0.25, 0.3) is 5.91 Å². The third-order valence-electron chi connectivity index (χ3n) is 4.27. The average Bonchev–Trinajstić information content (AvgIpc) is 3.19. The summed E-state index contributed by atoms with van der Waals surface area (Å²) in [4.78, 5) is 12.8. The van der Waals surface area contributed by atoms with Gasteiger partial charge in [-0.3, -0.25) is 10.1 Å². The summed E-state index contributed by atoms with van der Waals surface area (Å²) >= 11 is 1.40. The number of hydrogen-bond acceptors (Lipinski definition) is 5. The Balaban J connectivity index is 1.89. The maximum atomic E-state index is 12.8. The van der Waals surface area contributed by atoms with Crippen LogP contribution < -0.4 is 10.1 Å². The lowest BCUT2D eigenvalue weighted by atomic mass is 9.98. The normalized spacial score (nSPS) is 11.5. The van der Waals surface area contributed by atoms with Crippen molar-refractivity contribution in [3.05, 3.63) is 52.3 Å². The Labute approximate surface area is 163 Å². The van der Waals surface area contributed by atoms with Gasteiger partial charge in [-0.1, -0.05) is 38.2 Å². The van der Waals surface area contributed by atoms with Crippen LogP contribution in [0.5, 0.6) is 5.75 Å². The number of carbonyl (C=O) groups excluding carboxylic acids is 1. The number of rotatable bonds is 4. The molecule has 0 aliphatic rings. The molecule has 0 fully saturated rings. The van der Waals surface area contributed by atoms with Crippen LogP contribution in [0.2, 0.25) is 0 Å². The van der Waals surface area contributed by atoms with E-state index in [1.54, 1.807) is 7.11 Å². The van der Waals surface area contributed by atoms with Gasteiger partial charge >= 0.3 is 0 Å². The fourth-order valence-electron chi connectivity index (χ4n) is 2.88. The van der Waals surface area contributed by atoms with E-state index in [2.05, 4.69) is 36.3 Å². The molecule has 0 aliphatic heterocycles. The third kappa shape index (κ3) is 3.88. The number of anilines is 1. The number of methoxy groups -OCH3 is 1. The van der Waals surface area contributed by atoms with Crippen LogP contribution in [0.1, 0.15) is 47.5 Å². The second-order valence-electron chi connectivity index (χ2n) is 7.44. The lowest BCUT2D eigenvalue weighted by molar-refractivity contribution is 0.102. The summed E-state index contributed by atoms with van der Waals surface area (Å²) in [6, 6.07) is 9.65. The molecule has 0 spiro atoms. The summed E-state index contributed by atoms with van der Waals surface area (Å²) in [7, 11) is 1.64. The fourth-order valence-corrected chi connectivity index (χ4v) is 3.68. The minimum Gasteiger partial charge on any atom is -0.497 e. The van der Waals surface area contributed by atoms with E-state index < -0.39 is 0 Å². The first-order chi connectivity index (χ1) is 12.7. The molecule has 0 unspecified atom stereocenters. The zero-order chi connectivity index (χ0) is 19.8. The number of amides is 1. The zero-order valence-electron chi connectivity index (χ0n) is 16.5. The first-order valence-corrected chi connectivity index (χ1v) is 9.51. The number of aromatic nitrogens is 3. The van der Waals surface area contributed by atoms with Gasteiger partial charge in [-0.25, -0.2) is 0 Å². The molecule has 6 nitrogen and oxygen atoms in total. The molecule has 1 aromatic carbocycles. The van der Waals surface area contributed by atoms with Gasteiger partial charge in [-0.05, 0) is 32.0 Å². The van der Waals surface area contributed by atoms with E-state index in [1.165, 1.54) is 11.3 Å². The van der Waals surface area contributed by atoms with Crippen molar-refractivity contribution in [3.63, 3.8) is 0 Å². The second kappa shape index (κ2) is 7.15. The summed E-state index contributed by atoms with van der Waals surface area (Å²) in [5.74, 6) is 0.587. The quantitative estimate of drug-likeness (QED) is 0.719. The van der Waals surface area contributed by atoms with E-state index in [4.69, 9.17) is 4.74 Å². The molecule has 0 bridgehead atoms. The minimum absolute atomic E-state index is 0.0944. The maximum absolute atomic E-state index is 12.8. The molecular weight excluding hydrogens is 360 g/mol. The van der Waals surface area contributed by atoms with Gasteiger partial charge in [-0.2, -0.15) is 0 Å². The summed E-state index contributed by atoms with van der Waals surface area (Å²) in [6.07, 6.45) is 0. The van der Waals surface area contributed by atoms with Crippen LogP contribution in [-0.2, 0) is 5.41 Å². The predicted molar refractivity (Wildman–Crippen MR) is 108 cm³/mol. The number of benzene rings is 1. The van der Waals surface area contributed by atoms with E-state index in [9.17, 15) is 4.79 Å². The molecule has 7 heteroatoms. The van der Waals surface area contributed by atoms with Crippen LogP contribution in [0.4, 0.5) is 5.13 Å². The molecule has 0 radical (unpaired) electrons. The molecule has 0 atom stereocenters. The van der Waals surface area contributed by atoms with Crippen molar-refractivity contribution in [1.29, 1.82) is 0 Å².